The van der Waals surface area contributed by atoms with E-state index in [4.69, 9.17) is 0 Å². The summed E-state index contributed by atoms with van der Waals surface area (Å²) in [6.07, 6.45) is 2.64. The van der Waals surface area contributed by atoms with Gasteiger partial charge in [-0.05, 0) is 49.2 Å². The van der Waals surface area contributed by atoms with Crippen LogP contribution in [-0.2, 0) is 13.0 Å². The lowest BCUT2D eigenvalue weighted by Gasteiger charge is -2.08. The minimum absolute atomic E-state index is 0.0173. The van der Waals surface area contributed by atoms with E-state index in [0.29, 0.717) is 6.54 Å². The third-order valence-electron chi connectivity index (χ3n) is 3.30. The zero-order valence-electron chi connectivity index (χ0n) is 11.6. The van der Waals surface area contributed by atoms with E-state index in [1.54, 1.807) is 29.0 Å². The van der Waals surface area contributed by atoms with Crippen LogP contribution in [0.1, 0.15) is 11.1 Å². The molecule has 0 aliphatic carbocycles. The Labute approximate surface area is 118 Å². The second-order valence-corrected chi connectivity index (χ2v) is 4.80. The van der Waals surface area contributed by atoms with Gasteiger partial charge in [0.05, 0.1) is 0 Å². The number of pyridine rings is 1. The lowest BCUT2D eigenvalue weighted by Crippen LogP contribution is -2.27. The van der Waals surface area contributed by atoms with Crippen LogP contribution in [0.4, 0.5) is 4.39 Å². The number of halogens is 1. The van der Waals surface area contributed by atoms with E-state index in [0.717, 1.165) is 30.6 Å². The number of aromatic nitrogens is 1. The van der Waals surface area contributed by atoms with E-state index in [-0.39, 0.29) is 11.4 Å². The van der Waals surface area contributed by atoms with Gasteiger partial charge in [0, 0.05) is 25.4 Å². The maximum atomic E-state index is 13.0. The predicted octanol–water partition coefficient (Wildman–Crippen LogP) is 2.13. The molecule has 106 valence electrons. The quantitative estimate of drug-likeness (QED) is 0.819. The minimum atomic E-state index is -0.192. The van der Waals surface area contributed by atoms with Crippen LogP contribution in [0.15, 0.2) is 47.4 Å². The van der Waals surface area contributed by atoms with Crippen molar-refractivity contribution >= 4 is 0 Å². The van der Waals surface area contributed by atoms with Gasteiger partial charge in [-0.15, -0.1) is 0 Å². The Kier molecular flexibility index (Phi) is 5.07. The first-order valence-electron chi connectivity index (χ1n) is 6.78. The molecule has 0 saturated carbocycles. The molecular formula is C16H19FN2O. The molecular weight excluding hydrogens is 255 g/mol. The highest BCUT2D eigenvalue weighted by Gasteiger charge is 2.00. The molecule has 0 atom stereocenters. The molecule has 4 heteroatoms. The number of nitrogens with one attached hydrogen (secondary N) is 1. The van der Waals surface area contributed by atoms with E-state index in [9.17, 15) is 9.18 Å². The lowest BCUT2D eigenvalue weighted by atomic mass is 10.1. The molecule has 0 saturated heterocycles. The Morgan fingerprint density at radius 3 is 2.80 bits per heavy atom. The summed E-state index contributed by atoms with van der Waals surface area (Å²) in [7, 11) is 0. The third-order valence-corrected chi connectivity index (χ3v) is 3.30. The number of hydrogen-bond acceptors (Lipinski definition) is 2. The fourth-order valence-electron chi connectivity index (χ4n) is 2.13. The molecule has 0 aliphatic heterocycles. The van der Waals surface area contributed by atoms with Gasteiger partial charge in [0.15, 0.2) is 0 Å². The SMILES string of the molecule is Cc1cc(F)ccc1CCNCCn1ccccc1=O. The lowest BCUT2D eigenvalue weighted by molar-refractivity contribution is 0.585. The fourth-order valence-corrected chi connectivity index (χ4v) is 2.13. The second kappa shape index (κ2) is 7.01. The summed E-state index contributed by atoms with van der Waals surface area (Å²) in [5.74, 6) is -0.192. The van der Waals surface area contributed by atoms with Crippen LogP contribution in [-0.4, -0.2) is 17.7 Å². The summed E-state index contributed by atoms with van der Waals surface area (Å²) in [5, 5.41) is 3.30. The minimum Gasteiger partial charge on any atom is -0.315 e. The molecule has 0 spiro atoms. The first-order chi connectivity index (χ1) is 9.66. The number of aryl methyl sites for hydroxylation is 1. The standard InChI is InChI=1S/C16H19FN2O/c1-13-12-15(17)6-5-14(13)7-8-18-9-11-19-10-3-2-4-16(19)20/h2-6,10,12,18H,7-9,11H2,1H3. The zero-order chi connectivity index (χ0) is 14.4. The van der Waals surface area contributed by atoms with Crippen molar-refractivity contribution in [2.75, 3.05) is 13.1 Å². The Hall–Kier alpha value is -1.94. The predicted molar refractivity (Wildman–Crippen MR) is 78.4 cm³/mol. The molecule has 1 aromatic carbocycles. The van der Waals surface area contributed by atoms with Gasteiger partial charge >= 0.3 is 0 Å². The molecule has 0 unspecified atom stereocenters. The van der Waals surface area contributed by atoms with Crippen molar-refractivity contribution in [3.05, 3.63) is 69.9 Å². The van der Waals surface area contributed by atoms with Crippen molar-refractivity contribution in [1.29, 1.82) is 0 Å². The van der Waals surface area contributed by atoms with Crippen molar-refractivity contribution < 1.29 is 4.39 Å². The molecule has 0 bridgehead atoms. The maximum Gasteiger partial charge on any atom is 0.250 e. The highest BCUT2D eigenvalue weighted by Crippen LogP contribution is 2.10. The van der Waals surface area contributed by atoms with E-state index < -0.39 is 0 Å². The first-order valence-corrected chi connectivity index (χ1v) is 6.78. The highest BCUT2D eigenvalue weighted by atomic mass is 19.1. The number of hydrogen-bond donors (Lipinski definition) is 1. The van der Waals surface area contributed by atoms with Gasteiger partial charge in [-0.1, -0.05) is 12.1 Å². The summed E-state index contributed by atoms with van der Waals surface area (Å²) in [6, 6.07) is 10.0. The van der Waals surface area contributed by atoms with Gasteiger partial charge < -0.3 is 9.88 Å². The van der Waals surface area contributed by atoms with Crippen molar-refractivity contribution in [2.24, 2.45) is 0 Å². The van der Waals surface area contributed by atoms with Gasteiger partial charge in [0.25, 0.3) is 5.56 Å². The molecule has 0 fully saturated rings. The van der Waals surface area contributed by atoms with Gasteiger partial charge in [-0.3, -0.25) is 4.79 Å². The van der Waals surface area contributed by atoms with Gasteiger partial charge in [0.1, 0.15) is 5.82 Å². The number of benzene rings is 1. The van der Waals surface area contributed by atoms with Crippen LogP contribution in [0.2, 0.25) is 0 Å². The van der Waals surface area contributed by atoms with E-state index in [1.165, 1.54) is 6.07 Å². The van der Waals surface area contributed by atoms with Gasteiger partial charge in [-0.25, -0.2) is 4.39 Å². The Balaban J connectivity index is 1.74. The van der Waals surface area contributed by atoms with Crippen LogP contribution in [0.5, 0.6) is 0 Å². The maximum absolute atomic E-state index is 13.0. The summed E-state index contributed by atoms with van der Waals surface area (Å²) in [4.78, 5) is 11.5. The monoisotopic (exact) mass is 274 g/mol. The summed E-state index contributed by atoms with van der Waals surface area (Å²) >= 11 is 0. The molecule has 20 heavy (non-hydrogen) atoms. The molecule has 1 N–H and O–H groups in total. The van der Waals surface area contributed by atoms with Crippen LogP contribution >= 0.6 is 0 Å². The zero-order valence-corrected chi connectivity index (χ0v) is 11.6. The summed E-state index contributed by atoms with van der Waals surface area (Å²) in [5.41, 5.74) is 2.14. The van der Waals surface area contributed by atoms with Gasteiger partial charge in [0.2, 0.25) is 0 Å². The van der Waals surface area contributed by atoms with Crippen LogP contribution in [0, 0.1) is 12.7 Å². The van der Waals surface area contributed by atoms with Crippen LogP contribution in [0.3, 0.4) is 0 Å². The molecule has 0 amide bonds. The van der Waals surface area contributed by atoms with Crippen LogP contribution < -0.4 is 10.9 Å². The van der Waals surface area contributed by atoms with E-state index >= 15 is 0 Å². The second-order valence-electron chi connectivity index (χ2n) is 4.80. The first kappa shape index (κ1) is 14.5. The largest absolute Gasteiger partial charge is 0.315 e. The average molecular weight is 274 g/mol. The molecule has 0 aliphatic rings. The summed E-state index contributed by atoms with van der Waals surface area (Å²) < 4.78 is 14.6. The molecule has 2 rings (SSSR count). The highest BCUT2D eigenvalue weighted by molar-refractivity contribution is 5.26. The van der Waals surface area contributed by atoms with E-state index in [2.05, 4.69) is 5.32 Å². The molecule has 2 aromatic rings. The van der Waals surface area contributed by atoms with Crippen LogP contribution in [0.25, 0.3) is 0 Å². The number of nitrogens with zero attached hydrogens (tertiary/aromatic N) is 1. The molecule has 3 nitrogen and oxygen atoms in total. The Morgan fingerprint density at radius 2 is 2.05 bits per heavy atom. The van der Waals surface area contributed by atoms with Gasteiger partial charge in [-0.2, -0.15) is 0 Å². The number of rotatable bonds is 6. The third kappa shape index (κ3) is 4.03. The topological polar surface area (TPSA) is 34.0 Å². The smallest absolute Gasteiger partial charge is 0.250 e. The summed E-state index contributed by atoms with van der Waals surface area (Å²) in [6.45, 7) is 4.13. The Bertz CT molecular complexity index is 622. The fraction of sp³-hybridized carbons (Fsp3) is 0.312. The van der Waals surface area contributed by atoms with Crippen molar-refractivity contribution in [3.8, 4) is 0 Å². The molecule has 1 aromatic heterocycles. The molecule has 0 radical (unpaired) electrons. The van der Waals surface area contributed by atoms with Crippen molar-refractivity contribution in [3.63, 3.8) is 0 Å². The average Bonchev–Trinajstić information content (AvgIpc) is 2.42. The van der Waals surface area contributed by atoms with E-state index in [1.807, 2.05) is 19.1 Å². The molecule has 1 heterocycles. The van der Waals surface area contributed by atoms with Crippen molar-refractivity contribution in [2.45, 2.75) is 19.9 Å². The van der Waals surface area contributed by atoms with Crippen molar-refractivity contribution in [1.82, 2.24) is 9.88 Å². The normalized spacial score (nSPS) is 10.7. The Morgan fingerprint density at radius 1 is 1.20 bits per heavy atom.